The first-order valence-corrected chi connectivity index (χ1v) is 9.73. The van der Waals surface area contributed by atoms with Crippen LogP contribution in [0.15, 0.2) is 41.8 Å². The molecule has 0 bridgehead atoms. The molecule has 28 heavy (non-hydrogen) atoms. The normalized spacial score (nSPS) is 12.0. The maximum absolute atomic E-state index is 12.7. The smallest absolute Gasteiger partial charge is 0.262 e. The number of anilines is 1. The summed E-state index contributed by atoms with van der Waals surface area (Å²) in [6, 6.07) is 10.0. The second-order valence-electron chi connectivity index (χ2n) is 6.55. The molecule has 5 N–H and O–H groups in total. The summed E-state index contributed by atoms with van der Waals surface area (Å²) < 4.78 is 0. The molecule has 8 nitrogen and oxygen atoms in total. The molecular formula is C19H22N6O2S. The number of hydrogen-bond donors (Lipinski definition) is 4. The molecule has 0 aliphatic heterocycles. The average molecular weight is 398 g/mol. The van der Waals surface area contributed by atoms with E-state index in [0.29, 0.717) is 22.2 Å². The zero-order chi connectivity index (χ0) is 20.1. The van der Waals surface area contributed by atoms with Gasteiger partial charge in [0.05, 0.1) is 11.4 Å². The minimum absolute atomic E-state index is 0.0638. The number of nitrogens with one attached hydrogen (secondary N) is 3. The van der Waals surface area contributed by atoms with Gasteiger partial charge in [0.15, 0.2) is 5.82 Å². The number of carbonyl (C=O) groups excluding carboxylic acids is 2. The molecule has 0 fully saturated rings. The number of H-pyrrole nitrogens is 1. The Morgan fingerprint density at radius 3 is 2.54 bits per heavy atom. The second kappa shape index (κ2) is 8.77. The molecule has 2 amide bonds. The van der Waals surface area contributed by atoms with Crippen molar-refractivity contribution in [2.24, 2.45) is 11.7 Å². The van der Waals surface area contributed by atoms with Crippen LogP contribution < -0.4 is 16.4 Å². The summed E-state index contributed by atoms with van der Waals surface area (Å²) in [7, 11) is 0. The molecule has 2 aromatic heterocycles. The van der Waals surface area contributed by atoms with Gasteiger partial charge in [0.2, 0.25) is 5.91 Å². The van der Waals surface area contributed by atoms with E-state index in [-0.39, 0.29) is 24.3 Å². The molecule has 0 radical (unpaired) electrons. The third-order valence-corrected chi connectivity index (χ3v) is 4.99. The third-order valence-electron chi connectivity index (χ3n) is 4.12. The Hall–Kier alpha value is -3.04. The van der Waals surface area contributed by atoms with Crippen LogP contribution in [0.5, 0.6) is 0 Å². The number of nitrogens with zero attached hydrogens (tertiary/aromatic N) is 2. The van der Waals surface area contributed by atoms with E-state index in [9.17, 15) is 9.59 Å². The molecule has 0 saturated heterocycles. The summed E-state index contributed by atoms with van der Waals surface area (Å²) in [5, 5.41) is 14.4. The van der Waals surface area contributed by atoms with Crippen molar-refractivity contribution in [1.82, 2.24) is 20.5 Å². The molecule has 0 aliphatic rings. The molecule has 1 atom stereocenters. The van der Waals surface area contributed by atoms with E-state index in [0.717, 1.165) is 5.56 Å². The van der Waals surface area contributed by atoms with Gasteiger partial charge in [-0.05, 0) is 41.6 Å². The summed E-state index contributed by atoms with van der Waals surface area (Å²) in [4.78, 5) is 29.8. The Bertz CT molecular complexity index is 934. The molecule has 146 valence electrons. The van der Waals surface area contributed by atoms with Crippen molar-refractivity contribution in [2.45, 2.75) is 26.4 Å². The van der Waals surface area contributed by atoms with Gasteiger partial charge in [-0.15, -0.1) is 11.3 Å². The van der Waals surface area contributed by atoms with Crippen LogP contribution >= 0.6 is 11.3 Å². The van der Waals surface area contributed by atoms with Gasteiger partial charge in [0.25, 0.3) is 5.91 Å². The van der Waals surface area contributed by atoms with Crippen LogP contribution in [0.2, 0.25) is 0 Å². The van der Waals surface area contributed by atoms with Gasteiger partial charge in [-0.25, -0.2) is 4.98 Å². The predicted octanol–water partition coefficient (Wildman–Crippen LogP) is 2.38. The fraction of sp³-hybridized carbons (Fsp3) is 0.263. The Morgan fingerprint density at radius 1 is 1.21 bits per heavy atom. The van der Waals surface area contributed by atoms with E-state index >= 15 is 0 Å². The van der Waals surface area contributed by atoms with Gasteiger partial charge in [-0.3, -0.25) is 14.7 Å². The van der Waals surface area contributed by atoms with Crippen LogP contribution in [0.25, 0.3) is 11.4 Å². The fourth-order valence-corrected chi connectivity index (χ4v) is 3.22. The zero-order valence-corrected chi connectivity index (χ0v) is 16.4. The number of hydrogen-bond acceptors (Lipinski definition) is 6. The highest BCUT2D eigenvalue weighted by Crippen LogP contribution is 2.19. The molecule has 9 heteroatoms. The van der Waals surface area contributed by atoms with Crippen molar-refractivity contribution in [3.8, 4) is 11.4 Å². The highest BCUT2D eigenvalue weighted by Gasteiger charge is 2.25. The van der Waals surface area contributed by atoms with Crippen molar-refractivity contribution >= 4 is 28.8 Å². The van der Waals surface area contributed by atoms with Gasteiger partial charge >= 0.3 is 0 Å². The number of nitrogens with two attached hydrogens (primary N) is 1. The minimum atomic E-state index is -0.644. The van der Waals surface area contributed by atoms with Crippen LogP contribution in [-0.4, -0.2) is 33.0 Å². The Morgan fingerprint density at radius 2 is 1.96 bits per heavy atom. The zero-order valence-electron chi connectivity index (χ0n) is 15.6. The lowest BCUT2D eigenvalue weighted by Gasteiger charge is -2.21. The van der Waals surface area contributed by atoms with E-state index < -0.39 is 6.04 Å². The van der Waals surface area contributed by atoms with Crippen LogP contribution in [0.4, 0.5) is 5.69 Å². The van der Waals surface area contributed by atoms with Crippen LogP contribution in [0.3, 0.4) is 0 Å². The molecule has 0 aliphatic carbocycles. The largest absolute Gasteiger partial charge is 0.339 e. The van der Waals surface area contributed by atoms with Crippen molar-refractivity contribution < 1.29 is 9.59 Å². The van der Waals surface area contributed by atoms with Crippen LogP contribution in [0.1, 0.15) is 29.3 Å². The standard InChI is InChI=1S/C19H22N6O2S/c1-11(2)16(23-18(26)14-4-3-9-28-14)19(27)21-13-7-5-12(6-8-13)17-22-15(10-20)24-25-17/h3-9,11,16H,10,20H2,1-2H3,(H,21,27)(H,23,26)(H,22,24,25). The van der Waals surface area contributed by atoms with Crippen molar-refractivity contribution in [3.05, 3.63) is 52.5 Å². The van der Waals surface area contributed by atoms with Crippen molar-refractivity contribution in [1.29, 1.82) is 0 Å². The number of carbonyl (C=O) groups is 2. The number of rotatable bonds is 7. The molecule has 3 aromatic rings. The number of aromatic amines is 1. The fourth-order valence-electron chi connectivity index (χ4n) is 2.59. The van der Waals surface area contributed by atoms with Crippen molar-refractivity contribution in [3.63, 3.8) is 0 Å². The highest BCUT2D eigenvalue weighted by atomic mass is 32.1. The monoisotopic (exact) mass is 398 g/mol. The third kappa shape index (κ3) is 4.62. The molecule has 1 unspecified atom stereocenters. The lowest BCUT2D eigenvalue weighted by Crippen LogP contribution is -2.46. The van der Waals surface area contributed by atoms with E-state index in [1.807, 2.05) is 31.4 Å². The summed E-state index contributed by atoms with van der Waals surface area (Å²) in [6.07, 6.45) is 0. The lowest BCUT2D eigenvalue weighted by atomic mass is 10.0. The van der Waals surface area contributed by atoms with Crippen molar-refractivity contribution in [2.75, 3.05) is 5.32 Å². The molecule has 0 saturated carbocycles. The van der Waals surface area contributed by atoms with E-state index in [4.69, 9.17) is 5.73 Å². The number of aromatic nitrogens is 3. The SMILES string of the molecule is CC(C)C(NC(=O)c1cccs1)C(=O)Nc1ccc(-c2n[nH]c(CN)n2)cc1. The van der Waals surface area contributed by atoms with Crippen LogP contribution in [0, 0.1) is 5.92 Å². The number of benzene rings is 1. The Labute approximate surface area is 166 Å². The molecule has 3 rings (SSSR count). The topological polar surface area (TPSA) is 126 Å². The summed E-state index contributed by atoms with van der Waals surface area (Å²) in [5.74, 6) is 0.567. The first kappa shape index (κ1) is 19.7. The van der Waals surface area contributed by atoms with Crippen LogP contribution in [-0.2, 0) is 11.3 Å². The first-order valence-electron chi connectivity index (χ1n) is 8.85. The predicted molar refractivity (Wildman–Crippen MR) is 109 cm³/mol. The average Bonchev–Trinajstić information content (AvgIpc) is 3.38. The van der Waals surface area contributed by atoms with Gasteiger partial charge in [-0.1, -0.05) is 19.9 Å². The maximum atomic E-state index is 12.7. The minimum Gasteiger partial charge on any atom is -0.339 e. The quantitative estimate of drug-likeness (QED) is 0.486. The molecule has 0 spiro atoms. The number of amides is 2. The lowest BCUT2D eigenvalue weighted by molar-refractivity contribution is -0.118. The highest BCUT2D eigenvalue weighted by molar-refractivity contribution is 7.12. The van der Waals surface area contributed by atoms with Gasteiger partial charge in [0, 0.05) is 11.3 Å². The van der Waals surface area contributed by atoms with E-state index in [1.54, 1.807) is 24.3 Å². The summed E-state index contributed by atoms with van der Waals surface area (Å²) in [5.41, 5.74) is 6.96. The number of thiophene rings is 1. The summed E-state index contributed by atoms with van der Waals surface area (Å²) in [6.45, 7) is 4.07. The second-order valence-corrected chi connectivity index (χ2v) is 7.50. The Balaban J connectivity index is 1.66. The first-order chi connectivity index (χ1) is 13.5. The van der Waals surface area contributed by atoms with E-state index in [2.05, 4.69) is 25.8 Å². The van der Waals surface area contributed by atoms with Gasteiger partial charge in [0.1, 0.15) is 11.9 Å². The van der Waals surface area contributed by atoms with Gasteiger partial charge < -0.3 is 16.4 Å². The van der Waals surface area contributed by atoms with Gasteiger partial charge in [-0.2, -0.15) is 5.10 Å². The molecular weight excluding hydrogens is 376 g/mol. The molecule has 2 heterocycles. The maximum Gasteiger partial charge on any atom is 0.262 e. The van der Waals surface area contributed by atoms with E-state index in [1.165, 1.54) is 11.3 Å². The molecule has 1 aromatic carbocycles. The Kier molecular flexibility index (Phi) is 6.17. The summed E-state index contributed by atoms with van der Waals surface area (Å²) >= 11 is 1.34.